The summed E-state index contributed by atoms with van der Waals surface area (Å²) in [5.74, 6) is 0.410. The normalized spacial score (nSPS) is 12.0. The van der Waals surface area contributed by atoms with Crippen LogP contribution in [0.3, 0.4) is 0 Å². The zero-order valence-corrected chi connectivity index (χ0v) is 16.5. The summed E-state index contributed by atoms with van der Waals surface area (Å²) in [5, 5.41) is 6.16. The number of aromatic nitrogens is 2. The molecule has 146 valence electrons. The number of anilines is 1. The number of benzene rings is 2. The third-order valence-corrected chi connectivity index (χ3v) is 4.49. The largest absolute Gasteiger partial charge is 0.338 e. The van der Waals surface area contributed by atoms with Crippen LogP contribution in [0.25, 0.3) is 16.6 Å². The fourth-order valence-electron chi connectivity index (χ4n) is 2.90. The summed E-state index contributed by atoms with van der Waals surface area (Å²) < 4.78 is 1.44. The molecule has 28 heavy (non-hydrogen) atoms. The molecule has 3 aromatic rings. The van der Waals surface area contributed by atoms with Crippen molar-refractivity contribution in [2.75, 3.05) is 11.9 Å². The van der Waals surface area contributed by atoms with Crippen molar-refractivity contribution in [1.82, 2.24) is 14.9 Å². The summed E-state index contributed by atoms with van der Waals surface area (Å²) in [4.78, 5) is 29.7. The van der Waals surface area contributed by atoms with Gasteiger partial charge in [-0.3, -0.25) is 9.36 Å². The Morgan fingerprint density at radius 2 is 2.04 bits per heavy atom. The molecule has 3 rings (SSSR count). The second-order valence-electron chi connectivity index (χ2n) is 6.46. The summed E-state index contributed by atoms with van der Waals surface area (Å²) >= 11 is 6.25. The maximum atomic E-state index is 13.2. The third-order valence-electron chi connectivity index (χ3n) is 4.18. The van der Waals surface area contributed by atoms with E-state index in [0.717, 1.165) is 6.42 Å². The smallest absolute Gasteiger partial charge is 0.319 e. The van der Waals surface area contributed by atoms with Crippen LogP contribution in [0.1, 0.15) is 32.1 Å². The quantitative estimate of drug-likeness (QED) is 0.610. The molecular formula is C20H22ClN5O2. The highest BCUT2D eigenvalue weighted by molar-refractivity contribution is 6.35. The summed E-state index contributed by atoms with van der Waals surface area (Å²) in [6, 6.07) is 11.3. The molecule has 1 heterocycles. The van der Waals surface area contributed by atoms with Gasteiger partial charge in [0, 0.05) is 12.2 Å². The standard InChI is InChI=1S/C20H22ClN5O2/c1-3-10-23-20(28)24-13-6-4-7-14(11-13)26-18(12(2)22)25-16-9-5-8-15(21)17(16)19(26)27/h4-9,11-12H,3,10,22H2,1-2H3,(H2,23,24,28). The molecule has 0 aliphatic carbocycles. The summed E-state index contributed by atoms with van der Waals surface area (Å²) in [5.41, 5.74) is 7.36. The van der Waals surface area contributed by atoms with Gasteiger partial charge in [0.2, 0.25) is 0 Å². The monoisotopic (exact) mass is 399 g/mol. The van der Waals surface area contributed by atoms with Gasteiger partial charge in [0.25, 0.3) is 5.56 Å². The molecule has 0 spiro atoms. The van der Waals surface area contributed by atoms with Gasteiger partial charge in [-0.1, -0.05) is 30.7 Å². The van der Waals surface area contributed by atoms with Gasteiger partial charge < -0.3 is 16.4 Å². The van der Waals surface area contributed by atoms with Gasteiger partial charge in [0.1, 0.15) is 5.82 Å². The fourth-order valence-corrected chi connectivity index (χ4v) is 3.15. The maximum Gasteiger partial charge on any atom is 0.319 e. The Balaban J connectivity index is 2.13. The minimum atomic E-state index is -0.486. The number of hydrogen-bond acceptors (Lipinski definition) is 4. The molecule has 8 heteroatoms. The number of halogens is 1. The van der Waals surface area contributed by atoms with Crippen LogP contribution < -0.4 is 21.9 Å². The number of hydrogen-bond donors (Lipinski definition) is 3. The number of rotatable bonds is 5. The second kappa shape index (κ2) is 8.41. The van der Waals surface area contributed by atoms with Gasteiger partial charge in [-0.15, -0.1) is 0 Å². The molecule has 1 atom stereocenters. The lowest BCUT2D eigenvalue weighted by Gasteiger charge is -2.17. The van der Waals surface area contributed by atoms with Crippen molar-refractivity contribution < 1.29 is 4.79 Å². The van der Waals surface area contributed by atoms with E-state index in [1.54, 1.807) is 49.4 Å². The van der Waals surface area contributed by atoms with Gasteiger partial charge in [-0.2, -0.15) is 0 Å². The average Bonchev–Trinajstić information content (AvgIpc) is 2.66. The lowest BCUT2D eigenvalue weighted by atomic mass is 10.2. The molecule has 4 N–H and O–H groups in total. The Kier molecular flexibility index (Phi) is 5.96. The van der Waals surface area contributed by atoms with Crippen molar-refractivity contribution in [3.8, 4) is 5.69 Å². The molecule has 0 radical (unpaired) electrons. The molecule has 0 bridgehead atoms. The minimum Gasteiger partial charge on any atom is -0.338 e. The Labute approximate surface area is 167 Å². The topological polar surface area (TPSA) is 102 Å². The number of nitrogens with two attached hydrogens (primary N) is 1. The molecule has 2 aromatic carbocycles. The highest BCUT2D eigenvalue weighted by Crippen LogP contribution is 2.23. The molecular weight excluding hydrogens is 378 g/mol. The SMILES string of the molecule is CCCNC(=O)Nc1cccc(-n2c(C(C)N)nc3cccc(Cl)c3c2=O)c1. The van der Waals surface area contributed by atoms with E-state index >= 15 is 0 Å². The van der Waals surface area contributed by atoms with E-state index in [9.17, 15) is 9.59 Å². The van der Waals surface area contributed by atoms with Crippen LogP contribution >= 0.6 is 11.6 Å². The highest BCUT2D eigenvalue weighted by Gasteiger charge is 2.17. The van der Waals surface area contributed by atoms with Crippen LogP contribution in [0.15, 0.2) is 47.3 Å². The number of amides is 2. The predicted octanol–water partition coefficient (Wildman–Crippen LogP) is 3.59. The molecule has 2 amide bonds. The second-order valence-corrected chi connectivity index (χ2v) is 6.87. The fraction of sp³-hybridized carbons (Fsp3) is 0.250. The Hall–Kier alpha value is -2.90. The number of fused-ring (bicyclic) bond motifs is 1. The van der Waals surface area contributed by atoms with Crippen molar-refractivity contribution >= 4 is 34.2 Å². The molecule has 0 saturated carbocycles. The number of carbonyl (C=O) groups is 1. The lowest BCUT2D eigenvalue weighted by molar-refractivity contribution is 0.252. The molecule has 0 fully saturated rings. The molecule has 0 aliphatic heterocycles. The van der Waals surface area contributed by atoms with Crippen LogP contribution in [-0.2, 0) is 0 Å². The molecule has 1 unspecified atom stereocenters. The van der Waals surface area contributed by atoms with E-state index in [2.05, 4.69) is 15.6 Å². The van der Waals surface area contributed by atoms with Crippen LogP contribution in [0.2, 0.25) is 5.02 Å². The first-order chi connectivity index (χ1) is 13.4. The van der Waals surface area contributed by atoms with E-state index in [-0.39, 0.29) is 11.6 Å². The van der Waals surface area contributed by atoms with Crippen molar-refractivity contribution in [2.24, 2.45) is 5.73 Å². The third kappa shape index (κ3) is 4.00. The van der Waals surface area contributed by atoms with Crippen molar-refractivity contribution in [1.29, 1.82) is 0 Å². The van der Waals surface area contributed by atoms with Crippen molar-refractivity contribution in [2.45, 2.75) is 26.3 Å². The number of nitrogens with one attached hydrogen (secondary N) is 2. The summed E-state index contributed by atoms with van der Waals surface area (Å²) in [7, 11) is 0. The number of carbonyl (C=O) groups excluding carboxylic acids is 1. The van der Waals surface area contributed by atoms with Gasteiger partial charge in [0.05, 0.1) is 27.7 Å². The zero-order valence-electron chi connectivity index (χ0n) is 15.7. The zero-order chi connectivity index (χ0) is 20.3. The molecule has 0 saturated heterocycles. The van der Waals surface area contributed by atoms with Crippen molar-refractivity contribution in [3.05, 3.63) is 63.7 Å². The minimum absolute atomic E-state index is 0.307. The Bertz CT molecular complexity index is 1080. The molecule has 1 aromatic heterocycles. The van der Waals surface area contributed by atoms with Gasteiger partial charge >= 0.3 is 6.03 Å². The Morgan fingerprint density at radius 3 is 2.75 bits per heavy atom. The number of urea groups is 1. The van der Waals surface area contributed by atoms with Crippen LogP contribution in [0.5, 0.6) is 0 Å². The van der Waals surface area contributed by atoms with Gasteiger partial charge in [0.15, 0.2) is 0 Å². The van der Waals surface area contributed by atoms with Gasteiger partial charge in [-0.25, -0.2) is 9.78 Å². The molecule has 0 aliphatic rings. The Morgan fingerprint density at radius 1 is 1.29 bits per heavy atom. The summed E-state index contributed by atoms with van der Waals surface area (Å²) in [6.45, 7) is 4.31. The van der Waals surface area contributed by atoms with E-state index in [1.807, 2.05) is 6.92 Å². The van der Waals surface area contributed by atoms with Gasteiger partial charge in [-0.05, 0) is 43.7 Å². The first kappa shape index (κ1) is 19.9. The van der Waals surface area contributed by atoms with Crippen LogP contribution in [-0.4, -0.2) is 22.1 Å². The maximum absolute atomic E-state index is 13.2. The van der Waals surface area contributed by atoms with E-state index in [0.29, 0.717) is 39.7 Å². The van der Waals surface area contributed by atoms with E-state index in [1.165, 1.54) is 4.57 Å². The lowest BCUT2D eigenvalue weighted by Crippen LogP contribution is -2.29. The average molecular weight is 400 g/mol. The van der Waals surface area contributed by atoms with E-state index < -0.39 is 6.04 Å². The van der Waals surface area contributed by atoms with Crippen molar-refractivity contribution in [3.63, 3.8) is 0 Å². The summed E-state index contributed by atoms with van der Waals surface area (Å²) in [6.07, 6.45) is 0.837. The predicted molar refractivity (Wildman–Crippen MR) is 112 cm³/mol. The molecule has 7 nitrogen and oxygen atoms in total. The first-order valence-corrected chi connectivity index (χ1v) is 9.42. The van der Waals surface area contributed by atoms with Crippen LogP contribution in [0, 0.1) is 0 Å². The number of nitrogens with zero attached hydrogens (tertiary/aromatic N) is 2. The van der Waals surface area contributed by atoms with Crippen LogP contribution in [0.4, 0.5) is 10.5 Å². The first-order valence-electron chi connectivity index (χ1n) is 9.04. The van der Waals surface area contributed by atoms with E-state index in [4.69, 9.17) is 17.3 Å². The highest BCUT2D eigenvalue weighted by atomic mass is 35.5.